The van der Waals surface area contributed by atoms with Gasteiger partial charge in [-0.1, -0.05) is 94.5 Å². The smallest absolute Gasteiger partial charge is 0.410 e. The van der Waals surface area contributed by atoms with E-state index in [0.29, 0.717) is 10.8 Å². The Morgan fingerprint density at radius 3 is 2.30 bits per heavy atom. The van der Waals surface area contributed by atoms with E-state index < -0.39 is 0 Å². The first kappa shape index (κ1) is 21.6. The molecule has 1 heterocycles. The average molecular weight is 390 g/mol. The molecule has 0 aromatic heterocycles. The number of ether oxygens (including phenoxy) is 1. The van der Waals surface area contributed by atoms with Gasteiger partial charge >= 0.3 is 6.09 Å². The number of para-hydroxylation sites is 1. The molecule has 1 aromatic rings. The fourth-order valence-corrected chi connectivity index (χ4v) is 3.51. The van der Waals surface area contributed by atoms with Crippen molar-refractivity contribution in [2.24, 2.45) is 0 Å². The first-order chi connectivity index (χ1) is 13.2. The Labute approximate surface area is 169 Å². The van der Waals surface area contributed by atoms with Gasteiger partial charge in [0.25, 0.3) is 0 Å². The Kier molecular flexibility index (Phi) is 10.1. The maximum atomic E-state index is 12.5. The summed E-state index contributed by atoms with van der Waals surface area (Å²) in [6, 6.07) is 9.13. The molecule has 0 saturated carbocycles. The zero-order chi connectivity index (χ0) is 19.3. The molecule has 27 heavy (non-hydrogen) atoms. The molecule has 4 heteroatoms. The predicted molar refractivity (Wildman–Crippen MR) is 113 cm³/mol. The topological polar surface area (TPSA) is 29.5 Å². The molecule has 0 saturated heterocycles. The molecular formula is C23H32ClNO2. The maximum absolute atomic E-state index is 12.5. The second-order valence-corrected chi connectivity index (χ2v) is 7.58. The lowest BCUT2D eigenvalue weighted by Crippen LogP contribution is -2.38. The second-order valence-electron chi connectivity index (χ2n) is 7.14. The van der Waals surface area contributed by atoms with E-state index >= 15 is 0 Å². The van der Waals surface area contributed by atoms with Crippen molar-refractivity contribution < 1.29 is 9.53 Å². The van der Waals surface area contributed by atoms with E-state index in [2.05, 4.69) is 6.92 Å². The highest BCUT2D eigenvalue weighted by Gasteiger charge is 2.24. The molecular weight excluding hydrogens is 358 g/mol. The summed E-state index contributed by atoms with van der Waals surface area (Å²) < 4.78 is 5.47. The van der Waals surface area contributed by atoms with Crippen LogP contribution in [0.15, 0.2) is 53.7 Å². The van der Waals surface area contributed by atoms with Crippen LogP contribution in [-0.2, 0) is 0 Å². The SMILES string of the molecule is CCCCCCCCCCCC1C=C(Cl)C=CN1C(=O)Oc1ccccc1. The second kappa shape index (κ2) is 12.6. The summed E-state index contributed by atoms with van der Waals surface area (Å²) in [5.74, 6) is 0.554. The Morgan fingerprint density at radius 1 is 1.00 bits per heavy atom. The lowest BCUT2D eigenvalue weighted by atomic mass is 10.0. The molecule has 1 unspecified atom stereocenters. The van der Waals surface area contributed by atoms with Gasteiger partial charge in [0.05, 0.1) is 6.04 Å². The Bertz CT molecular complexity index is 612. The number of unbranched alkanes of at least 4 members (excludes halogenated alkanes) is 8. The number of allylic oxidation sites excluding steroid dienone is 2. The van der Waals surface area contributed by atoms with Gasteiger partial charge < -0.3 is 4.74 Å². The number of hydrogen-bond acceptors (Lipinski definition) is 2. The van der Waals surface area contributed by atoms with E-state index in [1.165, 1.54) is 51.4 Å². The molecule has 1 aromatic carbocycles. The normalized spacial score (nSPS) is 16.3. The first-order valence-corrected chi connectivity index (χ1v) is 10.7. The minimum Gasteiger partial charge on any atom is -0.410 e. The third kappa shape index (κ3) is 8.21. The summed E-state index contributed by atoms with van der Waals surface area (Å²) in [6.07, 6.45) is 17.5. The Balaban J connectivity index is 1.72. The molecule has 1 aliphatic heterocycles. The number of carbonyl (C=O) groups is 1. The fourth-order valence-electron chi connectivity index (χ4n) is 3.31. The van der Waals surface area contributed by atoms with Crippen molar-refractivity contribution in [3.05, 3.63) is 53.7 Å². The van der Waals surface area contributed by atoms with Gasteiger partial charge in [-0.2, -0.15) is 0 Å². The number of benzene rings is 1. The van der Waals surface area contributed by atoms with Crippen molar-refractivity contribution in [1.29, 1.82) is 0 Å². The van der Waals surface area contributed by atoms with Crippen LogP contribution in [0.5, 0.6) is 5.75 Å². The molecule has 148 valence electrons. The van der Waals surface area contributed by atoms with Gasteiger partial charge in [0.2, 0.25) is 0 Å². The van der Waals surface area contributed by atoms with Gasteiger partial charge in [-0.15, -0.1) is 0 Å². The maximum Gasteiger partial charge on any atom is 0.419 e. The van der Waals surface area contributed by atoms with Gasteiger partial charge in [-0.3, -0.25) is 4.90 Å². The minimum absolute atomic E-state index is 0.0386. The third-order valence-electron chi connectivity index (χ3n) is 4.87. The van der Waals surface area contributed by atoms with Gasteiger partial charge in [-0.05, 0) is 30.7 Å². The van der Waals surface area contributed by atoms with Gasteiger partial charge in [0.1, 0.15) is 5.75 Å². The summed E-state index contributed by atoms with van der Waals surface area (Å²) in [5.41, 5.74) is 0. The fraction of sp³-hybridized carbons (Fsp3) is 0.522. The zero-order valence-corrected chi connectivity index (χ0v) is 17.2. The number of rotatable bonds is 11. The largest absolute Gasteiger partial charge is 0.419 e. The van der Waals surface area contributed by atoms with Gasteiger partial charge in [0, 0.05) is 11.2 Å². The van der Waals surface area contributed by atoms with Crippen LogP contribution in [0.4, 0.5) is 4.79 Å². The van der Waals surface area contributed by atoms with Crippen molar-refractivity contribution in [3.63, 3.8) is 0 Å². The number of carbonyl (C=O) groups excluding carboxylic acids is 1. The number of hydrogen-bond donors (Lipinski definition) is 0. The van der Waals surface area contributed by atoms with E-state index in [9.17, 15) is 4.79 Å². The first-order valence-electron chi connectivity index (χ1n) is 10.3. The van der Waals surface area contributed by atoms with E-state index in [4.69, 9.17) is 16.3 Å². The highest BCUT2D eigenvalue weighted by atomic mass is 35.5. The number of nitrogens with zero attached hydrogens (tertiary/aromatic N) is 1. The van der Waals surface area contributed by atoms with E-state index in [1.54, 1.807) is 29.3 Å². The van der Waals surface area contributed by atoms with Crippen LogP contribution >= 0.6 is 11.6 Å². The van der Waals surface area contributed by atoms with Crippen molar-refractivity contribution in [1.82, 2.24) is 4.90 Å². The molecule has 0 radical (unpaired) electrons. The lowest BCUT2D eigenvalue weighted by molar-refractivity contribution is 0.159. The number of halogens is 1. The van der Waals surface area contributed by atoms with Crippen LogP contribution in [0, 0.1) is 0 Å². The molecule has 0 fully saturated rings. The van der Waals surface area contributed by atoms with Gasteiger partial charge in [-0.25, -0.2) is 4.79 Å². The average Bonchev–Trinajstić information content (AvgIpc) is 2.67. The molecule has 0 spiro atoms. The van der Waals surface area contributed by atoms with Crippen LogP contribution in [0.25, 0.3) is 0 Å². The minimum atomic E-state index is -0.362. The molecule has 0 bridgehead atoms. The van der Waals surface area contributed by atoms with Crippen molar-refractivity contribution in [2.75, 3.05) is 0 Å². The van der Waals surface area contributed by atoms with Crippen LogP contribution in [0.3, 0.4) is 0 Å². The molecule has 1 atom stereocenters. The summed E-state index contributed by atoms with van der Waals surface area (Å²) in [5, 5.41) is 0.680. The Hall–Kier alpha value is -1.74. The quantitative estimate of drug-likeness (QED) is 0.368. The summed E-state index contributed by atoms with van der Waals surface area (Å²) in [6.45, 7) is 2.25. The molecule has 1 amide bonds. The van der Waals surface area contributed by atoms with Crippen molar-refractivity contribution in [3.8, 4) is 5.75 Å². The lowest BCUT2D eigenvalue weighted by Gasteiger charge is -2.28. The molecule has 2 rings (SSSR count). The van der Waals surface area contributed by atoms with Crippen LogP contribution in [-0.4, -0.2) is 17.0 Å². The molecule has 3 nitrogen and oxygen atoms in total. The highest BCUT2D eigenvalue weighted by Crippen LogP contribution is 2.23. The van der Waals surface area contributed by atoms with Crippen LogP contribution < -0.4 is 4.74 Å². The van der Waals surface area contributed by atoms with E-state index in [0.717, 1.165) is 12.8 Å². The molecule has 0 N–H and O–H groups in total. The van der Waals surface area contributed by atoms with Gasteiger partial charge in [0.15, 0.2) is 0 Å². The molecule has 1 aliphatic rings. The summed E-state index contributed by atoms with van der Waals surface area (Å²) >= 11 is 6.16. The third-order valence-corrected chi connectivity index (χ3v) is 5.12. The zero-order valence-electron chi connectivity index (χ0n) is 16.4. The summed E-state index contributed by atoms with van der Waals surface area (Å²) in [7, 11) is 0. The van der Waals surface area contributed by atoms with E-state index in [-0.39, 0.29) is 12.1 Å². The number of amides is 1. The standard InChI is InChI=1S/C23H32ClNO2/c1-2-3-4-5-6-7-8-9-11-14-21-19-20(24)17-18-25(21)23(26)27-22-15-12-10-13-16-22/h10,12-13,15-19,21H,2-9,11,14H2,1H3. The molecule has 0 aliphatic carbocycles. The Morgan fingerprint density at radius 2 is 1.63 bits per heavy atom. The monoisotopic (exact) mass is 389 g/mol. The predicted octanol–water partition coefficient (Wildman–Crippen LogP) is 7.43. The van der Waals surface area contributed by atoms with Crippen molar-refractivity contribution in [2.45, 2.75) is 77.2 Å². The van der Waals surface area contributed by atoms with E-state index in [1.807, 2.05) is 24.3 Å². The highest BCUT2D eigenvalue weighted by molar-refractivity contribution is 6.31. The van der Waals surface area contributed by atoms with Crippen molar-refractivity contribution >= 4 is 17.7 Å². The van der Waals surface area contributed by atoms with Crippen LogP contribution in [0.1, 0.15) is 71.1 Å². The van der Waals surface area contributed by atoms with Crippen LogP contribution in [0.2, 0.25) is 0 Å². The summed E-state index contributed by atoms with van der Waals surface area (Å²) in [4.78, 5) is 14.2.